The Bertz CT molecular complexity index is 324. The van der Waals surface area contributed by atoms with E-state index in [2.05, 4.69) is 26.1 Å². The van der Waals surface area contributed by atoms with Crippen LogP contribution in [0, 0.1) is 11.3 Å². The lowest BCUT2D eigenvalue weighted by molar-refractivity contribution is 0.276. The summed E-state index contributed by atoms with van der Waals surface area (Å²) in [7, 11) is -2.77. The lowest BCUT2D eigenvalue weighted by atomic mass is 9.82. The molecule has 0 radical (unpaired) electrons. The van der Waals surface area contributed by atoms with E-state index in [1.54, 1.807) is 0 Å². The van der Waals surface area contributed by atoms with E-state index in [4.69, 9.17) is 0 Å². The molecule has 0 aromatic carbocycles. The van der Waals surface area contributed by atoms with E-state index >= 15 is 0 Å². The average molecular weight is 261 g/mol. The monoisotopic (exact) mass is 261 g/mol. The minimum atomic E-state index is -2.77. The van der Waals surface area contributed by atoms with Gasteiger partial charge in [0.15, 0.2) is 9.84 Å². The van der Waals surface area contributed by atoms with E-state index in [1.807, 2.05) is 0 Å². The fourth-order valence-corrected chi connectivity index (χ4v) is 4.80. The Morgan fingerprint density at radius 3 is 2.53 bits per heavy atom. The molecule has 1 aliphatic rings. The minimum absolute atomic E-state index is 0.0176. The van der Waals surface area contributed by atoms with Gasteiger partial charge in [-0.2, -0.15) is 0 Å². The molecule has 102 valence electrons. The summed E-state index contributed by atoms with van der Waals surface area (Å²) in [5.41, 5.74) is 0.0176. The molecule has 1 unspecified atom stereocenters. The fourth-order valence-electron chi connectivity index (χ4n) is 2.59. The van der Waals surface area contributed by atoms with Crippen molar-refractivity contribution >= 4 is 9.84 Å². The van der Waals surface area contributed by atoms with Crippen LogP contribution in [0.5, 0.6) is 0 Å². The number of hydrogen-bond donors (Lipinski definition) is 1. The standard InChI is InChI=1S/C13H27NO2S/c1-4-5-6-13(10-14-9-12(2)3)7-8-17(15,16)11-13/h12,14H,4-11H2,1-3H3. The van der Waals surface area contributed by atoms with Crippen molar-refractivity contribution in [2.75, 3.05) is 24.6 Å². The molecule has 1 heterocycles. The summed E-state index contributed by atoms with van der Waals surface area (Å²) in [4.78, 5) is 0. The zero-order chi connectivity index (χ0) is 12.9. The summed E-state index contributed by atoms with van der Waals surface area (Å²) in [5.74, 6) is 1.40. The Morgan fingerprint density at radius 2 is 2.06 bits per heavy atom. The molecule has 0 aromatic rings. The van der Waals surface area contributed by atoms with Crippen molar-refractivity contribution in [3.63, 3.8) is 0 Å². The molecule has 3 nitrogen and oxygen atoms in total. The Hall–Kier alpha value is -0.0900. The van der Waals surface area contributed by atoms with Crippen molar-refractivity contribution < 1.29 is 8.42 Å². The predicted molar refractivity (Wildman–Crippen MR) is 72.9 cm³/mol. The zero-order valence-electron chi connectivity index (χ0n) is 11.5. The first-order valence-corrected chi connectivity index (χ1v) is 8.62. The summed E-state index contributed by atoms with van der Waals surface area (Å²) < 4.78 is 23.4. The van der Waals surface area contributed by atoms with Gasteiger partial charge >= 0.3 is 0 Å². The molecule has 0 amide bonds. The van der Waals surface area contributed by atoms with E-state index in [0.29, 0.717) is 17.4 Å². The Kier molecular flexibility index (Phi) is 5.45. The molecular weight excluding hydrogens is 234 g/mol. The van der Waals surface area contributed by atoms with Gasteiger partial charge in [0.25, 0.3) is 0 Å². The lowest BCUT2D eigenvalue weighted by Gasteiger charge is -2.28. The second-order valence-electron chi connectivity index (χ2n) is 5.97. The van der Waals surface area contributed by atoms with Crippen LogP contribution in [0.25, 0.3) is 0 Å². The Balaban J connectivity index is 2.55. The van der Waals surface area contributed by atoms with E-state index in [1.165, 1.54) is 0 Å². The minimum Gasteiger partial charge on any atom is -0.316 e. The van der Waals surface area contributed by atoms with Crippen LogP contribution in [0.2, 0.25) is 0 Å². The van der Waals surface area contributed by atoms with Crippen LogP contribution in [0.4, 0.5) is 0 Å². The van der Waals surface area contributed by atoms with Gasteiger partial charge in [-0.05, 0) is 30.7 Å². The number of sulfone groups is 1. The van der Waals surface area contributed by atoms with E-state index < -0.39 is 9.84 Å². The topological polar surface area (TPSA) is 46.2 Å². The SMILES string of the molecule is CCCCC1(CNCC(C)C)CCS(=O)(=O)C1. The zero-order valence-corrected chi connectivity index (χ0v) is 12.3. The smallest absolute Gasteiger partial charge is 0.150 e. The first-order chi connectivity index (χ1) is 7.89. The quantitative estimate of drug-likeness (QED) is 0.764. The van der Waals surface area contributed by atoms with Crippen molar-refractivity contribution in [3.05, 3.63) is 0 Å². The molecule has 1 fully saturated rings. The molecule has 0 aliphatic carbocycles. The molecule has 0 spiro atoms. The molecule has 0 bridgehead atoms. The maximum atomic E-state index is 11.7. The molecule has 4 heteroatoms. The molecule has 1 atom stereocenters. The molecular formula is C13H27NO2S. The van der Waals surface area contributed by atoms with Gasteiger partial charge in [-0.3, -0.25) is 0 Å². The molecule has 1 N–H and O–H groups in total. The fraction of sp³-hybridized carbons (Fsp3) is 1.00. The molecule has 17 heavy (non-hydrogen) atoms. The molecule has 1 saturated heterocycles. The highest BCUT2D eigenvalue weighted by molar-refractivity contribution is 7.91. The van der Waals surface area contributed by atoms with Crippen molar-refractivity contribution in [3.8, 4) is 0 Å². The van der Waals surface area contributed by atoms with Gasteiger partial charge in [0.2, 0.25) is 0 Å². The van der Waals surface area contributed by atoms with Crippen LogP contribution in [0.1, 0.15) is 46.5 Å². The van der Waals surface area contributed by atoms with Crippen LogP contribution >= 0.6 is 0 Å². The summed E-state index contributed by atoms with van der Waals surface area (Å²) in [5, 5.41) is 3.45. The van der Waals surface area contributed by atoms with Crippen LogP contribution in [0.15, 0.2) is 0 Å². The number of unbranched alkanes of at least 4 members (excludes halogenated alkanes) is 1. The number of nitrogens with one attached hydrogen (secondary N) is 1. The van der Waals surface area contributed by atoms with Gasteiger partial charge in [0, 0.05) is 6.54 Å². The van der Waals surface area contributed by atoms with E-state index in [-0.39, 0.29) is 5.41 Å². The highest BCUT2D eigenvalue weighted by Gasteiger charge is 2.41. The van der Waals surface area contributed by atoms with Gasteiger partial charge in [0.1, 0.15) is 0 Å². The van der Waals surface area contributed by atoms with Crippen LogP contribution in [-0.2, 0) is 9.84 Å². The van der Waals surface area contributed by atoms with Gasteiger partial charge in [-0.15, -0.1) is 0 Å². The number of hydrogen-bond acceptors (Lipinski definition) is 3. The summed E-state index contributed by atoms with van der Waals surface area (Å²) in [6, 6.07) is 0. The first-order valence-electron chi connectivity index (χ1n) is 6.80. The predicted octanol–water partition coefficient (Wildman–Crippen LogP) is 2.23. The maximum absolute atomic E-state index is 11.7. The number of rotatable bonds is 7. The average Bonchev–Trinajstić information content (AvgIpc) is 2.52. The van der Waals surface area contributed by atoms with Crippen molar-refractivity contribution in [2.45, 2.75) is 46.5 Å². The lowest BCUT2D eigenvalue weighted by Crippen LogP contribution is -2.37. The van der Waals surface area contributed by atoms with Crippen molar-refractivity contribution in [1.29, 1.82) is 0 Å². The van der Waals surface area contributed by atoms with Crippen LogP contribution in [0.3, 0.4) is 0 Å². The van der Waals surface area contributed by atoms with E-state index in [9.17, 15) is 8.42 Å². The molecule has 1 aliphatic heterocycles. The van der Waals surface area contributed by atoms with Gasteiger partial charge in [0.05, 0.1) is 11.5 Å². The first kappa shape index (κ1) is 15.0. The summed E-state index contributed by atoms with van der Waals surface area (Å²) in [6.07, 6.45) is 4.18. The van der Waals surface area contributed by atoms with Crippen LogP contribution < -0.4 is 5.32 Å². The Morgan fingerprint density at radius 1 is 1.35 bits per heavy atom. The maximum Gasteiger partial charge on any atom is 0.150 e. The largest absolute Gasteiger partial charge is 0.316 e. The Labute approximate surface area is 106 Å². The summed E-state index contributed by atoms with van der Waals surface area (Å²) in [6.45, 7) is 8.37. The molecule has 0 saturated carbocycles. The van der Waals surface area contributed by atoms with E-state index in [0.717, 1.165) is 38.8 Å². The third-order valence-corrected chi connectivity index (χ3v) is 5.46. The van der Waals surface area contributed by atoms with Crippen molar-refractivity contribution in [2.24, 2.45) is 11.3 Å². The van der Waals surface area contributed by atoms with Crippen molar-refractivity contribution in [1.82, 2.24) is 5.32 Å². The highest BCUT2D eigenvalue weighted by Crippen LogP contribution is 2.36. The second kappa shape index (κ2) is 6.19. The third kappa shape index (κ3) is 4.96. The highest BCUT2D eigenvalue weighted by atomic mass is 32.2. The summed E-state index contributed by atoms with van der Waals surface area (Å²) >= 11 is 0. The normalized spacial score (nSPS) is 27.8. The van der Waals surface area contributed by atoms with Gasteiger partial charge in [-0.1, -0.05) is 33.6 Å². The van der Waals surface area contributed by atoms with Gasteiger partial charge in [-0.25, -0.2) is 8.42 Å². The molecule has 1 rings (SSSR count). The molecule has 0 aromatic heterocycles. The second-order valence-corrected chi connectivity index (χ2v) is 8.15. The third-order valence-electron chi connectivity index (χ3n) is 3.58. The van der Waals surface area contributed by atoms with Gasteiger partial charge < -0.3 is 5.32 Å². The van der Waals surface area contributed by atoms with Crippen LogP contribution in [-0.4, -0.2) is 33.0 Å².